The van der Waals surface area contributed by atoms with Gasteiger partial charge in [0.15, 0.2) is 5.75 Å². The number of aliphatic imine (C=N–C) groups is 1. The molecule has 0 aliphatic carbocycles. The summed E-state index contributed by atoms with van der Waals surface area (Å²) in [4.78, 5) is 28.2. The Morgan fingerprint density at radius 1 is 1.00 bits per heavy atom. The third kappa shape index (κ3) is 6.58. The smallest absolute Gasteiger partial charge is 0.260 e. The summed E-state index contributed by atoms with van der Waals surface area (Å²) in [5, 5.41) is 0. The lowest BCUT2D eigenvalue weighted by atomic mass is 10.2. The van der Waals surface area contributed by atoms with Crippen molar-refractivity contribution >= 4 is 29.8 Å². The van der Waals surface area contributed by atoms with E-state index in [-0.39, 0.29) is 11.7 Å². The predicted molar refractivity (Wildman–Crippen MR) is 121 cm³/mol. The average Bonchev–Trinajstić information content (AvgIpc) is 2.82. The fraction of sp³-hybridized carbons (Fsp3) is 0.125. The number of hydrogen-bond donors (Lipinski definition) is 1. The maximum Gasteiger partial charge on any atom is 0.260 e. The van der Waals surface area contributed by atoms with Crippen LogP contribution in [0.5, 0.6) is 5.75 Å². The first-order valence-electron chi connectivity index (χ1n) is 9.49. The number of rotatable bonds is 7. The van der Waals surface area contributed by atoms with Crippen LogP contribution in [0.25, 0.3) is 0 Å². The maximum absolute atomic E-state index is 14.0. The molecule has 0 aliphatic rings. The van der Waals surface area contributed by atoms with Crippen molar-refractivity contribution in [3.8, 4) is 5.75 Å². The van der Waals surface area contributed by atoms with Crippen molar-refractivity contribution in [2.24, 2.45) is 10.7 Å². The summed E-state index contributed by atoms with van der Waals surface area (Å²) in [6.45, 7) is 0.327. The van der Waals surface area contributed by atoms with E-state index in [1.807, 2.05) is 24.1 Å². The average molecular weight is 421 g/mol. The highest BCUT2D eigenvalue weighted by atomic mass is 19.1. The SMILES string of the molecule is CN.CN(Cc1ccccc1F)c1ccccc1OC(C=O)=Nc1ccc(C=O)cc1. The summed E-state index contributed by atoms with van der Waals surface area (Å²) in [7, 11) is 3.31. The van der Waals surface area contributed by atoms with Gasteiger partial charge in [-0.1, -0.05) is 30.3 Å². The molecule has 0 radical (unpaired) electrons. The van der Waals surface area contributed by atoms with E-state index < -0.39 is 0 Å². The summed E-state index contributed by atoms with van der Waals surface area (Å²) in [6, 6.07) is 20.1. The minimum absolute atomic E-state index is 0.129. The van der Waals surface area contributed by atoms with Gasteiger partial charge in [-0.2, -0.15) is 0 Å². The van der Waals surface area contributed by atoms with Crippen LogP contribution >= 0.6 is 0 Å². The molecule has 0 bridgehead atoms. The molecule has 0 amide bonds. The summed E-state index contributed by atoms with van der Waals surface area (Å²) in [5.74, 6) is 0.00367. The van der Waals surface area contributed by atoms with Crippen LogP contribution in [-0.2, 0) is 11.3 Å². The molecule has 3 aromatic rings. The van der Waals surface area contributed by atoms with E-state index in [1.165, 1.54) is 13.1 Å². The van der Waals surface area contributed by atoms with Gasteiger partial charge in [0.05, 0.1) is 11.4 Å². The second kappa shape index (κ2) is 12.0. The molecular weight excluding hydrogens is 397 g/mol. The van der Waals surface area contributed by atoms with Crippen LogP contribution in [0.15, 0.2) is 77.8 Å². The minimum atomic E-state index is -0.285. The largest absolute Gasteiger partial charge is 0.434 e. The number of ether oxygens (including phenoxy) is 1. The van der Waals surface area contributed by atoms with Crippen LogP contribution in [0.3, 0.4) is 0 Å². The molecule has 0 aliphatic heterocycles. The van der Waals surface area contributed by atoms with Crippen LogP contribution in [0.2, 0.25) is 0 Å². The van der Waals surface area contributed by atoms with E-state index in [0.717, 1.165) is 6.29 Å². The molecule has 0 spiro atoms. The number of halogens is 1. The van der Waals surface area contributed by atoms with Crippen molar-refractivity contribution in [2.45, 2.75) is 6.54 Å². The standard InChI is InChI=1S/C23H19FN2O3.CH5N/c1-26(14-18-6-2-3-7-20(18)24)21-8-4-5-9-22(21)29-23(16-28)25-19-12-10-17(15-27)11-13-19;1-2/h2-13,15-16H,14H2,1H3;2H2,1H3. The zero-order valence-corrected chi connectivity index (χ0v) is 17.4. The molecule has 6 nitrogen and oxygen atoms in total. The molecule has 0 saturated carbocycles. The molecule has 160 valence electrons. The predicted octanol–water partition coefficient (Wildman–Crippen LogP) is 4.16. The quantitative estimate of drug-likeness (QED) is 0.352. The van der Waals surface area contributed by atoms with Gasteiger partial charge in [0, 0.05) is 24.7 Å². The summed E-state index contributed by atoms with van der Waals surface area (Å²) in [6.07, 6.45) is 1.24. The van der Waals surface area contributed by atoms with Gasteiger partial charge in [-0.15, -0.1) is 0 Å². The zero-order chi connectivity index (χ0) is 22.6. The third-order valence-corrected chi connectivity index (χ3v) is 4.23. The van der Waals surface area contributed by atoms with Gasteiger partial charge in [-0.25, -0.2) is 9.38 Å². The Morgan fingerprint density at radius 2 is 1.65 bits per heavy atom. The van der Waals surface area contributed by atoms with Crippen molar-refractivity contribution in [3.63, 3.8) is 0 Å². The number of nitrogens with two attached hydrogens (primary N) is 1. The zero-order valence-electron chi connectivity index (χ0n) is 17.4. The molecule has 0 fully saturated rings. The number of carbonyl (C=O) groups is 2. The van der Waals surface area contributed by atoms with Crippen LogP contribution < -0.4 is 15.4 Å². The first-order chi connectivity index (χ1) is 15.1. The highest BCUT2D eigenvalue weighted by molar-refractivity contribution is 6.25. The maximum atomic E-state index is 14.0. The van der Waals surface area contributed by atoms with Gasteiger partial charge >= 0.3 is 0 Å². The van der Waals surface area contributed by atoms with Crippen LogP contribution in [0, 0.1) is 5.82 Å². The molecule has 0 heterocycles. The monoisotopic (exact) mass is 421 g/mol. The van der Waals surface area contributed by atoms with Crippen LogP contribution in [-0.4, -0.2) is 32.6 Å². The number of aldehydes is 2. The van der Waals surface area contributed by atoms with Crippen molar-refractivity contribution < 1.29 is 18.7 Å². The van der Waals surface area contributed by atoms with E-state index in [1.54, 1.807) is 54.6 Å². The van der Waals surface area contributed by atoms with Gasteiger partial charge in [0.25, 0.3) is 5.90 Å². The van der Waals surface area contributed by atoms with E-state index in [2.05, 4.69) is 10.7 Å². The summed E-state index contributed by atoms with van der Waals surface area (Å²) < 4.78 is 19.7. The van der Waals surface area contributed by atoms with E-state index in [9.17, 15) is 14.0 Å². The first kappa shape index (κ1) is 23.4. The van der Waals surface area contributed by atoms with Crippen molar-refractivity contribution in [3.05, 3.63) is 89.7 Å². The number of nitrogens with zero attached hydrogens (tertiary/aromatic N) is 2. The molecule has 7 heteroatoms. The fourth-order valence-corrected chi connectivity index (χ4v) is 2.77. The van der Waals surface area contributed by atoms with Gasteiger partial charge in [0.1, 0.15) is 12.1 Å². The minimum Gasteiger partial charge on any atom is -0.434 e. The number of hydrogen-bond acceptors (Lipinski definition) is 6. The Labute approximate surface area is 180 Å². The van der Waals surface area contributed by atoms with Crippen molar-refractivity contribution in [1.82, 2.24) is 0 Å². The van der Waals surface area contributed by atoms with Gasteiger partial charge < -0.3 is 15.4 Å². The van der Waals surface area contributed by atoms with E-state index in [4.69, 9.17) is 4.74 Å². The van der Waals surface area contributed by atoms with E-state index >= 15 is 0 Å². The molecule has 0 saturated heterocycles. The molecule has 0 unspecified atom stereocenters. The third-order valence-electron chi connectivity index (χ3n) is 4.23. The first-order valence-corrected chi connectivity index (χ1v) is 9.49. The molecule has 0 aromatic heterocycles. The number of benzene rings is 3. The lowest BCUT2D eigenvalue weighted by Gasteiger charge is -2.22. The van der Waals surface area contributed by atoms with Gasteiger partial charge in [-0.05, 0) is 49.5 Å². The lowest BCUT2D eigenvalue weighted by Crippen LogP contribution is -2.19. The number of carbonyl (C=O) groups excluding carboxylic acids is 2. The van der Waals surface area contributed by atoms with Crippen LogP contribution in [0.1, 0.15) is 15.9 Å². The van der Waals surface area contributed by atoms with Crippen molar-refractivity contribution in [1.29, 1.82) is 0 Å². The molecule has 31 heavy (non-hydrogen) atoms. The number of para-hydroxylation sites is 2. The molecule has 0 atom stereocenters. The normalized spacial score (nSPS) is 10.5. The summed E-state index contributed by atoms with van der Waals surface area (Å²) in [5.41, 5.74) is 6.72. The highest BCUT2D eigenvalue weighted by Crippen LogP contribution is 2.29. The molecule has 3 aromatic carbocycles. The Balaban J connectivity index is 0.00000166. The number of anilines is 1. The lowest BCUT2D eigenvalue weighted by molar-refractivity contribution is -0.103. The topological polar surface area (TPSA) is 85.0 Å². The fourth-order valence-electron chi connectivity index (χ4n) is 2.77. The summed E-state index contributed by atoms with van der Waals surface area (Å²) >= 11 is 0. The highest BCUT2D eigenvalue weighted by Gasteiger charge is 2.13. The Hall–Kier alpha value is -3.84. The second-order valence-electron chi connectivity index (χ2n) is 6.29. The Morgan fingerprint density at radius 3 is 2.29 bits per heavy atom. The Kier molecular flexibility index (Phi) is 9.07. The Bertz CT molecular complexity index is 1040. The van der Waals surface area contributed by atoms with Gasteiger partial charge in [-0.3, -0.25) is 9.59 Å². The van der Waals surface area contributed by atoms with Crippen LogP contribution in [0.4, 0.5) is 15.8 Å². The van der Waals surface area contributed by atoms with E-state index in [0.29, 0.717) is 41.1 Å². The molecule has 2 N–H and O–H groups in total. The molecule has 3 rings (SSSR count). The second-order valence-corrected chi connectivity index (χ2v) is 6.29. The van der Waals surface area contributed by atoms with Crippen molar-refractivity contribution in [2.75, 3.05) is 19.0 Å². The molecular formula is C24H24FN3O3. The van der Waals surface area contributed by atoms with Gasteiger partial charge in [0.2, 0.25) is 6.29 Å².